The quantitative estimate of drug-likeness (QED) is 0.775. The van der Waals surface area contributed by atoms with E-state index < -0.39 is 10.0 Å². The molecule has 2 rings (SSSR count). The molecular weight excluding hydrogens is 278 g/mol. The normalized spacial score (nSPS) is 22.0. The molecule has 18 heavy (non-hydrogen) atoms. The Kier molecular flexibility index (Phi) is 4.16. The van der Waals surface area contributed by atoms with Crippen LogP contribution in [0, 0.1) is 0 Å². The summed E-state index contributed by atoms with van der Waals surface area (Å²) in [5.74, 6) is 0. The number of hydrogen-bond acceptors (Lipinski definition) is 5. The molecule has 100 valence electrons. The molecule has 0 N–H and O–H groups in total. The van der Waals surface area contributed by atoms with E-state index in [2.05, 4.69) is 9.97 Å². The second-order valence-electron chi connectivity index (χ2n) is 3.95. The van der Waals surface area contributed by atoms with E-state index in [1.54, 1.807) is 0 Å². The number of ether oxygens (including phenoxy) is 1. The third-order valence-corrected chi connectivity index (χ3v) is 4.80. The van der Waals surface area contributed by atoms with Gasteiger partial charge in [0.25, 0.3) is 0 Å². The highest BCUT2D eigenvalue weighted by atomic mass is 35.5. The molecule has 6 nitrogen and oxygen atoms in total. The fraction of sp³-hybridized carbons (Fsp3) is 0.600. The van der Waals surface area contributed by atoms with E-state index in [-0.39, 0.29) is 16.3 Å². The molecule has 1 unspecified atom stereocenters. The smallest absolute Gasteiger partial charge is 0.246 e. The van der Waals surface area contributed by atoms with Gasteiger partial charge in [0, 0.05) is 13.1 Å². The zero-order valence-electron chi connectivity index (χ0n) is 9.91. The van der Waals surface area contributed by atoms with Crippen molar-refractivity contribution in [1.29, 1.82) is 0 Å². The summed E-state index contributed by atoms with van der Waals surface area (Å²) in [4.78, 5) is 7.45. The fourth-order valence-electron chi connectivity index (χ4n) is 1.74. The van der Waals surface area contributed by atoms with Gasteiger partial charge < -0.3 is 4.74 Å². The second kappa shape index (κ2) is 5.48. The molecule has 0 aromatic carbocycles. The van der Waals surface area contributed by atoms with Crippen molar-refractivity contribution in [2.75, 3.05) is 19.7 Å². The number of aromatic nitrogens is 2. The van der Waals surface area contributed by atoms with Crippen molar-refractivity contribution in [3.63, 3.8) is 0 Å². The Morgan fingerprint density at radius 3 is 2.78 bits per heavy atom. The summed E-state index contributed by atoms with van der Waals surface area (Å²) in [5, 5.41) is 0.0300. The molecule has 0 aliphatic carbocycles. The monoisotopic (exact) mass is 291 g/mol. The molecule has 1 fully saturated rings. The van der Waals surface area contributed by atoms with Gasteiger partial charge in [-0.3, -0.25) is 0 Å². The number of rotatable bonds is 3. The Bertz CT molecular complexity index is 506. The van der Waals surface area contributed by atoms with Crippen molar-refractivity contribution in [2.24, 2.45) is 0 Å². The van der Waals surface area contributed by atoms with Gasteiger partial charge in [0.1, 0.15) is 4.90 Å². The summed E-state index contributed by atoms with van der Waals surface area (Å²) in [6.45, 7) is 3.08. The molecule has 0 bridgehead atoms. The van der Waals surface area contributed by atoms with E-state index >= 15 is 0 Å². The molecule has 0 amide bonds. The van der Waals surface area contributed by atoms with E-state index in [1.165, 1.54) is 16.7 Å². The maximum Gasteiger partial charge on any atom is 0.246 e. The van der Waals surface area contributed by atoms with E-state index in [0.29, 0.717) is 19.7 Å². The largest absolute Gasteiger partial charge is 0.375 e. The van der Waals surface area contributed by atoms with Gasteiger partial charge in [-0.2, -0.15) is 4.31 Å². The van der Waals surface area contributed by atoms with E-state index in [4.69, 9.17) is 16.3 Å². The van der Waals surface area contributed by atoms with E-state index in [9.17, 15) is 8.42 Å². The Balaban J connectivity index is 2.22. The summed E-state index contributed by atoms with van der Waals surface area (Å²) in [6.07, 6.45) is 3.17. The SMILES string of the molecule is CCC1CN(S(=O)(=O)c2cnc(Cl)nc2)CCO1. The molecule has 1 aliphatic rings. The summed E-state index contributed by atoms with van der Waals surface area (Å²) in [6, 6.07) is 0. The van der Waals surface area contributed by atoms with Crippen molar-refractivity contribution in [3.05, 3.63) is 17.7 Å². The van der Waals surface area contributed by atoms with Crippen LogP contribution in [0.2, 0.25) is 5.28 Å². The third-order valence-electron chi connectivity index (χ3n) is 2.79. The number of morpholine rings is 1. The van der Waals surface area contributed by atoms with Crippen molar-refractivity contribution >= 4 is 21.6 Å². The van der Waals surface area contributed by atoms with Crippen molar-refractivity contribution in [3.8, 4) is 0 Å². The van der Waals surface area contributed by atoms with Gasteiger partial charge in [0.05, 0.1) is 25.1 Å². The number of halogens is 1. The van der Waals surface area contributed by atoms with Gasteiger partial charge in [-0.1, -0.05) is 6.92 Å². The second-order valence-corrected chi connectivity index (χ2v) is 6.23. The van der Waals surface area contributed by atoms with Gasteiger partial charge in [0.15, 0.2) is 0 Å². The van der Waals surface area contributed by atoms with Crippen molar-refractivity contribution in [1.82, 2.24) is 14.3 Å². The van der Waals surface area contributed by atoms with Gasteiger partial charge >= 0.3 is 0 Å². The predicted molar refractivity (Wildman–Crippen MR) is 65.8 cm³/mol. The molecule has 0 saturated carbocycles. The number of sulfonamides is 1. The minimum Gasteiger partial charge on any atom is -0.375 e. The fourth-order valence-corrected chi connectivity index (χ4v) is 3.19. The molecule has 1 aromatic heterocycles. The minimum absolute atomic E-state index is 0.0300. The molecule has 0 spiro atoms. The Hall–Kier alpha value is -0.760. The zero-order chi connectivity index (χ0) is 13.2. The lowest BCUT2D eigenvalue weighted by Gasteiger charge is -2.31. The van der Waals surface area contributed by atoms with Crippen LogP contribution in [0.15, 0.2) is 17.3 Å². The third kappa shape index (κ3) is 2.80. The van der Waals surface area contributed by atoms with Crippen LogP contribution in [0.1, 0.15) is 13.3 Å². The van der Waals surface area contributed by atoms with Crippen LogP contribution >= 0.6 is 11.6 Å². The molecule has 2 heterocycles. The highest BCUT2D eigenvalue weighted by molar-refractivity contribution is 7.89. The van der Waals surface area contributed by atoms with Crippen LogP contribution in [0.25, 0.3) is 0 Å². The minimum atomic E-state index is -3.55. The maximum absolute atomic E-state index is 12.3. The lowest BCUT2D eigenvalue weighted by atomic mass is 10.2. The van der Waals surface area contributed by atoms with Gasteiger partial charge in [-0.15, -0.1) is 0 Å². The molecule has 1 aromatic rings. The standard InChI is InChI=1S/C10H14ClN3O3S/c1-2-8-7-14(3-4-17-8)18(15,16)9-5-12-10(11)13-6-9/h5-6,8H,2-4,7H2,1H3. The summed E-state index contributed by atoms with van der Waals surface area (Å²) < 4.78 is 31.5. The lowest BCUT2D eigenvalue weighted by molar-refractivity contribution is -0.00278. The zero-order valence-corrected chi connectivity index (χ0v) is 11.5. The highest BCUT2D eigenvalue weighted by Crippen LogP contribution is 2.18. The average Bonchev–Trinajstić information content (AvgIpc) is 2.39. The van der Waals surface area contributed by atoms with E-state index in [1.807, 2.05) is 6.92 Å². The highest BCUT2D eigenvalue weighted by Gasteiger charge is 2.30. The topological polar surface area (TPSA) is 72.4 Å². The van der Waals surface area contributed by atoms with Crippen molar-refractivity contribution in [2.45, 2.75) is 24.3 Å². The summed E-state index contributed by atoms with van der Waals surface area (Å²) >= 11 is 5.54. The number of nitrogens with zero attached hydrogens (tertiary/aromatic N) is 3. The summed E-state index contributed by atoms with van der Waals surface area (Å²) in [7, 11) is -3.55. The van der Waals surface area contributed by atoms with Crippen LogP contribution in [0.3, 0.4) is 0 Å². The molecule has 8 heteroatoms. The Labute approximate surface area is 111 Å². The maximum atomic E-state index is 12.3. The molecule has 1 aliphatic heterocycles. The first-order chi connectivity index (χ1) is 8.54. The Morgan fingerprint density at radius 2 is 2.17 bits per heavy atom. The van der Waals surface area contributed by atoms with Gasteiger partial charge in [0.2, 0.25) is 15.3 Å². The van der Waals surface area contributed by atoms with Crippen molar-refractivity contribution < 1.29 is 13.2 Å². The first-order valence-corrected chi connectivity index (χ1v) is 7.45. The van der Waals surface area contributed by atoms with Crippen LogP contribution in [0.4, 0.5) is 0 Å². The first-order valence-electron chi connectivity index (χ1n) is 5.63. The molecular formula is C10H14ClN3O3S. The molecule has 1 atom stereocenters. The predicted octanol–water partition coefficient (Wildman–Crippen LogP) is 0.930. The molecule has 0 radical (unpaired) electrons. The Morgan fingerprint density at radius 1 is 1.50 bits per heavy atom. The van der Waals surface area contributed by atoms with E-state index in [0.717, 1.165) is 6.42 Å². The first kappa shape index (κ1) is 13.7. The van der Waals surface area contributed by atoms with Crippen LogP contribution in [-0.2, 0) is 14.8 Å². The summed E-state index contributed by atoms with van der Waals surface area (Å²) in [5.41, 5.74) is 0. The molecule has 1 saturated heterocycles. The average molecular weight is 292 g/mol. The van der Waals surface area contributed by atoms with Gasteiger partial charge in [-0.05, 0) is 18.0 Å². The van der Waals surface area contributed by atoms with Crippen LogP contribution < -0.4 is 0 Å². The van der Waals surface area contributed by atoms with Gasteiger partial charge in [-0.25, -0.2) is 18.4 Å². The lowest BCUT2D eigenvalue weighted by Crippen LogP contribution is -2.45. The number of hydrogen-bond donors (Lipinski definition) is 0. The van der Waals surface area contributed by atoms with Crippen LogP contribution in [0.5, 0.6) is 0 Å². The van der Waals surface area contributed by atoms with Crippen LogP contribution in [-0.4, -0.2) is 48.5 Å².